The maximum absolute atomic E-state index is 14.4. The summed E-state index contributed by atoms with van der Waals surface area (Å²) in [7, 11) is 2.10. The van der Waals surface area contributed by atoms with Gasteiger partial charge in [0.2, 0.25) is 5.95 Å². The molecule has 2 aromatic carbocycles. The average molecular weight is 463 g/mol. The highest BCUT2D eigenvalue weighted by atomic mass is 19.1. The zero-order valence-electron chi connectivity index (χ0n) is 18.9. The van der Waals surface area contributed by atoms with Crippen molar-refractivity contribution in [1.29, 1.82) is 0 Å². The lowest BCUT2D eigenvalue weighted by molar-refractivity contribution is 0.338. The predicted octanol–water partition coefficient (Wildman–Crippen LogP) is 4.93. The molecule has 0 saturated carbocycles. The molecular formula is C25H24F2N6O. The number of rotatable bonds is 6. The highest BCUT2D eigenvalue weighted by Gasteiger charge is 2.19. The molecule has 3 heterocycles. The van der Waals surface area contributed by atoms with Crippen LogP contribution in [-0.4, -0.2) is 51.2 Å². The van der Waals surface area contributed by atoms with Crippen molar-refractivity contribution in [1.82, 2.24) is 24.5 Å². The van der Waals surface area contributed by atoms with Gasteiger partial charge in [-0.15, -0.1) is 0 Å². The molecule has 0 radical (unpaired) electrons. The molecule has 7 nitrogen and oxygen atoms in total. The molecule has 0 bridgehead atoms. The first-order chi connectivity index (χ1) is 16.5. The Hall–Kier alpha value is -3.85. The second-order valence-corrected chi connectivity index (χ2v) is 8.08. The SMILES string of the molecule is CCOc1cc(Nc2nc(-c3c(F)cccc3F)nc3ccnn23)ccc1C1=CCN(C)CC1. The van der Waals surface area contributed by atoms with Crippen LogP contribution in [0.4, 0.5) is 20.4 Å². The lowest BCUT2D eigenvalue weighted by atomic mass is 9.98. The van der Waals surface area contributed by atoms with Crippen LogP contribution >= 0.6 is 0 Å². The van der Waals surface area contributed by atoms with Crippen LogP contribution in [-0.2, 0) is 0 Å². The fourth-order valence-corrected chi connectivity index (χ4v) is 4.01. The molecule has 34 heavy (non-hydrogen) atoms. The Morgan fingerprint density at radius 1 is 1.09 bits per heavy atom. The molecule has 2 aromatic heterocycles. The molecular weight excluding hydrogens is 438 g/mol. The number of halogens is 2. The minimum atomic E-state index is -0.732. The minimum absolute atomic E-state index is 0.0655. The van der Waals surface area contributed by atoms with E-state index in [0.29, 0.717) is 17.9 Å². The highest BCUT2D eigenvalue weighted by molar-refractivity contribution is 5.75. The standard InChI is InChI=1S/C25H24F2N6O/c1-3-34-21-15-17(7-8-18(21)16-10-13-32(2)14-11-16)29-25-31-24(30-22-9-12-28-33(22)25)23-19(26)5-4-6-20(23)27/h4-10,12,15H,3,11,13-14H2,1-2H3,(H,29,30,31). The van der Waals surface area contributed by atoms with Gasteiger partial charge >= 0.3 is 0 Å². The Labute approximate surface area is 195 Å². The molecule has 4 aromatic rings. The fraction of sp³-hybridized carbons (Fsp3) is 0.240. The number of anilines is 2. The minimum Gasteiger partial charge on any atom is -0.493 e. The summed E-state index contributed by atoms with van der Waals surface area (Å²) in [6.07, 6.45) is 4.72. The largest absolute Gasteiger partial charge is 0.493 e. The third-order valence-corrected chi connectivity index (χ3v) is 5.74. The van der Waals surface area contributed by atoms with E-state index in [2.05, 4.69) is 38.4 Å². The maximum atomic E-state index is 14.4. The molecule has 5 rings (SSSR count). The number of likely N-dealkylation sites (N-methyl/N-ethyl adjacent to an activating group) is 1. The second kappa shape index (κ2) is 9.18. The van der Waals surface area contributed by atoms with Gasteiger partial charge in [-0.05, 0) is 50.2 Å². The summed E-state index contributed by atoms with van der Waals surface area (Å²) in [4.78, 5) is 11.0. The van der Waals surface area contributed by atoms with E-state index in [1.807, 2.05) is 25.1 Å². The summed E-state index contributed by atoms with van der Waals surface area (Å²) in [5.74, 6) is -0.492. The van der Waals surface area contributed by atoms with Gasteiger partial charge in [0.15, 0.2) is 11.5 Å². The lowest BCUT2D eigenvalue weighted by Gasteiger charge is -2.23. The van der Waals surface area contributed by atoms with Crippen LogP contribution in [0.25, 0.3) is 22.6 Å². The normalized spacial score (nSPS) is 14.3. The Morgan fingerprint density at radius 2 is 1.91 bits per heavy atom. The molecule has 0 saturated heterocycles. The zero-order chi connectivity index (χ0) is 23.7. The maximum Gasteiger partial charge on any atom is 0.232 e. The number of hydrogen-bond donors (Lipinski definition) is 1. The van der Waals surface area contributed by atoms with E-state index in [1.54, 1.807) is 12.3 Å². The third kappa shape index (κ3) is 4.22. The number of benzene rings is 2. The van der Waals surface area contributed by atoms with Crippen molar-refractivity contribution in [2.45, 2.75) is 13.3 Å². The predicted molar refractivity (Wildman–Crippen MR) is 127 cm³/mol. The van der Waals surface area contributed by atoms with Gasteiger partial charge in [0, 0.05) is 36.5 Å². The van der Waals surface area contributed by atoms with Gasteiger partial charge < -0.3 is 15.0 Å². The van der Waals surface area contributed by atoms with E-state index in [9.17, 15) is 8.78 Å². The first kappa shape index (κ1) is 22.0. The molecule has 9 heteroatoms. The van der Waals surface area contributed by atoms with Crippen molar-refractivity contribution < 1.29 is 13.5 Å². The Bertz CT molecular complexity index is 1360. The number of aromatic nitrogens is 4. The summed E-state index contributed by atoms with van der Waals surface area (Å²) < 4.78 is 36.3. The monoisotopic (exact) mass is 462 g/mol. The Kier molecular flexibility index (Phi) is 5.93. The van der Waals surface area contributed by atoms with Crippen LogP contribution in [0.1, 0.15) is 18.9 Å². The molecule has 0 spiro atoms. The van der Waals surface area contributed by atoms with Crippen LogP contribution in [0.3, 0.4) is 0 Å². The number of fused-ring (bicyclic) bond motifs is 1. The first-order valence-electron chi connectivity index (χ1n) is 11.1. The van der Waals surface area contributed by atoms with Crippen LogP contribution in [0.2, 0.25) is 0 Å². The van der Waals surface area contributed by atoms with Crippen LogP contribution in [0.15, 0.2) is 54.7 Å². The lowest BCUT2D eigenvalue weighted by Crippen LogP contribution is -2.23. The van der Waals surface area contributed by atoms with Crippen molar-refractivity contribution in [2.75, 3.05) is 32.1 Å². The highest BCUT2D eigenvalue weighted by Crippen LogP contribution is 2.34. The summed E-state index contributed by atoms with van der Waals surface area (Å²) >= 11 is 0. The molecule has 1 N–H and O–H groups in total. The van der Waals surface area contributed by atoms with E-state index < -0.39 is 11.6 Å². The molecule has 0 aliphatic carbocycles. The van der Waals surface area contributed by atoms with Gasteiger partial charge in [0.05, 0.1) is 18.4 Å². The Morgan fingerprint density at radius 3 is 2.65 bits per heavy atom. The second-order valence-electron chi connectivity index (χ2n) is 8.08. The van der Waals surface area contributed by atoms with Crippen LogP contribution < -0.4 is 10.1 Å². The summed E-state index contributed by atoms with van der Waals surface area (Å²) in [6.45, 7) is 4.36. The van der Waals surface area contributed by atoms with Crippen LogP contribution in [0, 0.1) is 11.6 Å². The van der Waals surface area contributed by atoms with Gasteiger partial charge in [0.1, 0.15) is 17.4 Å². The van der Waals surface area contributed by atoms with Crippen molar-refractivity contribution in [3.05, 3.63) is 71.9 Å². The van der Waals surface area contributed by atoms with Gasteiger partial charge in [-0.2, -0.15) is 14.6 Å². The number of nitrogens with one attached hydrogen (secondary N) is 1. The number of ether oxygens (including phenoxy) is 1. The van der Waals surface area contributed by atoms with Crippen molar-refractivity contribution in [2.24, 2.45) is 0 Å². The fourth-order valence-electron chi connectivity index (χ4n) is 4.01. The first-order valence-corrected chi connectivity index (χ1v) is 11.1. The topological polar surface area (TPSA) is 67.6 Å². The van der Waals surface area contributed by atoms with Gasteiger partial charge in [-0.1, -0.05) is 12.1 Å². The third-order valence-electron chi connectivity index (χ3n) is 5.74. The van der Waals surface area contributed by atoms with E-state index in [0.717, 1.165) is 30.8 Å². The van der Waals surface area contributed by atoms with E-state index in [4.69, 9.17) is 4.74 Å². The molecule has 0 fully saturated rings. The van der Waals surface area contributed by atoms with Gasteiger partial charge in [0.25, 0.3) is 0 Å². The van der Waals surface area contributed by atoms with E-state index in [1.165, 1.54) is 28.3 Å². The molecule has 0 amide bonds. The summed E-state index contributed by atoms with van der Waals surface area (Å²) in [6, 6.07) is 11.2. The van der Waals surface area contributed by atoms with Gasteiger partial charge in [-0.25, -0.2) is 13.8 Å². The summed E-state index contributed by atoms with van der Waals surface area (Å²) in [5, 5.41) is 7.46. The van der Waals surface area contributed by atoms with Crippen molar-refractivity contribution >= 4 is 22.9 Å². The molecule has 1 aliphatic heterocycles. The Balaban J connectivity index is 1.54. The average Bonchev–Trinajstić information content (AvgIpc) is 3.29. The quantitative estimate of drug-likeness (QED) is 0.438. The van der Waals surface area contributed by atoms with Crippen LogP contribution in [0.5, 0.6) is 5.75 Å². The number of hydrogen-bond acceptors (Lipinski definition) is 6. The van der Waals surface area contributed by atoms with E-state index >= 15 is 0 Å². The van der Waals surface area contributed by atoms with E-state index in [-0.39, 0.29) is 17.3 Å². The summed E-state index contributed by atoms with van der Waals surface area (Å²) in [5.41, 5.74) is 3.14. The van der Waals surface area contributed by atoms with Gasteiger partial charge in [-0.3, -0.25) is 0 Å². The number of nitrogens with zero attached hydrogens (tertiary/aromatic N) is 5. The molecule has 0 atom stereocenters. The smallest absolute Gasteiger partial charge is 0.232 e. The molecule has 174 valence electrons. The molecule has 0 unspecified atom stereocenters. The van der Waals surface area contributed by atoms with Crippen molar-refractivity contribution in [3.8, 4) is 17.1 Å². The zero-order valence-corrected chi connectivity index (χ0v) is 18.9. The van der Waals surface area contributed by atoms with Crippen molar-refractivity contribution in [3.63, 3.8) is 0 Å². The molecule has 1 aliphatic rings.